The van der Waals surface area contributed by atoms with Gasteiger partial charge >= 0.3 is 6.18 Å². The van der Waals surface area contributed by atoms with Crippen LogP contribution in [-0.4, -0.2) is 15.7 Å². The number of rotatable bonds is 4. The van der Waals surface area contributed by atoms with Crippen molar-refractivity contribution in [3.63, 3.8) is 0 Å². The van der Waals surface area contributed by atoms with Crippen molar-refractivity contribution in [1.82, 2.24) is 9.78 Å². The van der Waals surface area contributed by atoms with E-state index in [0.29, 0.717) is 12.2 Å². The number of aryl methyl sites for hydroxylation is 1. The predicted molar refractivity (Wildman–Crippen MR) is 91.9 cm³/mol. The van der Waals surface area contributed by atoms with Crippen LogP contribution in [0.15, 0.2) is 60.9 Å². The maximum absolute atomic E-state index is 12.8. The van der Waals surface area contributed by atoms with Gasteiger partial charge in [0.05, 0.1) is 24.0 Å². The number of hydrogen-bond donors (Lipinski definition) is 1. The first kappa shape index (κ1) is 17.7. The molecule has 3 aromatic rings. The highest BCUT2D eigenvalue weighted by atomic mass is 19.4. The number of aromatic nitrogens is 2. The third-order valence-corrected chi connectivity index (χ3v) is 3.77. The van der Waals surface area contributed by atoms with Crippen LogP contribution in [0.4, 0.5) is 18.9 Å². The lowest BCUT2D eigenvalue weighted by Gasteiger charge is -2.08. The van der Waals surface area contributed by atoms with Gasteiger partial charge in [0.2, 0.25) is 0 Å². The van der Waals surface area contributed by atoms with Crippen molar-refractivity contribution in [2.75, 3.05) is 5.32 Å². The SMILES string of the molecule is Cc1cccc(Cn2cc(NC(=O)c3cccc(C(F)(F)F)c3)cn2)c1. The second-order valence-electron chi connectivity index (χ2n) is 5.95. The Bertz CT molecular complexity index is 932. The second kappa shape index (κ2) is 7.03. The number of halogens is 3. The average molecular weight is 359 g/mol. The summed E-state index contributed by atoms with van der Waals surface area (Å²) in [7, 11) is 0. The molecule has 1 heterocycles. The molecule has 1 aromatic heterocycles. The molecular formula is C19H16F3N3O. The summed E-state index contributed by atoms with van der Waals surface area (Å²) in [6.07, 6.45) is -1.40. The Kier molecular flexibility index (Phi) is 4.79. The van der Waals surface area contributed by atoms with E-state index < -0.39 is 17.6 Å². The van der Waals surface area contributed by atoms with Gasteiger partial charge in [-0.2, -0.15) is 18.3 Å². The van der Waals surface area contributed by atoms with Gasteiger partial charge in [0, 0.05) is 11.8 Å². The summed E-state index contributed by atoms with van der Waals surface area (Å²) >= 11 is 0. The van der Waals surface area contributed by atoms with Crippen LogP contribution >= 0.6 is 0 Å². The van der Waals surface area contributed by atoms with Crippen LogP contribution in [0.2, 0.25) is 0 Å². The number of anilines is 1. The van der Waals surface area contributed by atoms with Crippen LogP contribution in [0.25, 0.3) is 0 Å². The van der Waals surface area contributed by atoms with Gasteiger partial charge in [-0.3, -0.25) is 9.48 Å². The fraction of sp³-hybridized carbons (Fsp3) is 0.158. The summed E-state index contributed by atoms with van der Waals surface area (Å²) in [6, 6.07) is 12.2. The highest BCUT2D eigenvalue weighted by Crippen LogP contribution is 2.29. The lowest BCUT2D eigenvalue weighted by Crippen LogP contribution is -2.13. The lowest BCUT2D eigenvalue weighted by molar-refractivity contribution is -0.137. The van der Waals surface area contributed by atoms with Crippen molar-refractivity contribution in [2.45, 2.75) is 19.6 Å². The molecule has 134 valence electrons. The number of nitrogens with zero attached hydrogens (tertiary/aromatic N) is 2. The zero-order valence-corrected chi connectivity index (χ0v) is 13.9. The van der Waals surface area contributed by atoms with Crippen LogP contribution in [0, 0.1) is 6.92 Å². The van der Waals surface area contributed by atoms with E-state index in [2.05, 4.69) is 10.4 Å². The molecule has 7 heteroatoms. The lowest BCUT2D eigenvalue weighted by atomic mass is 10.1. The normalized spacial score (nSPS) is 11.4. The molecule has 0 saturated carbocycles. The first-order valence-corrected chi connectivity index (χ1v) is 7.88. The van der Waals surface area contributed by atoms with Crippen molar-refractivity contribution >= 4 is 11.6 Å². The third kappa shape index (κ3) is 4.30. The van der Waals surface area contributed by atoms with Gasteiger partial charge in [-0.05, 0) is 30.7 Å². The van der Waals surface area contributed by atoms with Crippen molar-refractivity contribution in [3.05, 3.63) is 83.2 Å². The van der Waals surface area contributed by atoms with Crippen LogP contribution < -0.4 is 5.32 Å². The Hall–Kier alpha value is -3.09. The maximum atomic E-state index is 12.8. The third-order valence-electron chi connectivity index (χ3n) is 3.77. The molecule has 3 rings (SSSR count). The summed E-state index contributed by atoms with van der Waals surface area (Å²) < 4.78 is 39.9. The molecule has 0 bridgehead atoms. The highest BCUT2D eigenvalue weighted by molar-refractivity contribution is 6.04. The van der Waals surface area contributed by atoms with E-state index in [4.69, 9.17) is 0 Å². The van der Waals surface area contributed by atoms with E-state index in [1.165, 1.54) is 18.3 Å². The molecule has 26 heavy (non-hydrogen) atoms. The molecule has 0 radical (unpaired) electrons. The molecule has 1 N–H and O–H groups in total. The number of hydrogen-bond acceptors (Lipinski definition) is 2. The molecule has 0 aliphatic carbocycles. The molecule has 0 spiro atoms. The molecule has 2 aromatic carbocycles. The molecule has 1 amide bonds. The van der Waals surface area contributed by atoms with E-state index >= 15 is 0 Å². The van der Waals surface area contributed by atoms with Crippen molar-refractivity contribution in [2.24, 2.45) is 0 Å². The van der Waals surface area contributed by atoms with E-state index in [9.17, 15) is 18.0 Å². The Morgan fingerprint density at radius 1 is 1.15 bits per heavy atom. The number of carbonyl (C=O) groups is 1. The van der Waals surface area contributed by atoms with Gasteiger partial charge < -0.3 is 5.32 Å². The fourth-order valence-electron chi connectivity index (χ4n) is 2.55. The number of benzene rings is 2. The number of amides is 1. The quantitative estimate of drug-likeness (QED) is 0.745. The average Bonchev–Trinajstić information content (AvgIpc) is 3.01. The number of carbonyl (C=O) groups excluding carboxylic acids is 1. The molecule has 0 atom stereocenters. The van der Waals surface area contributed by atoms with Crippen LogP contribution in [0.1, 0.15) is 27.0 Å². The summed E-state index contributed by atoms with van der Waals surface area (Å²) in [5, 5.41) is 6.73. The van der Waals surface area contributed by atoms with Gasteiger partial charge in [-0.1, -0.05) is 35.9 Å². The molecule has 0 fully saturated rings. The van der Waals surface area contributed by atoms with Gasteiger partial charge in [0.25, 0.3) is 5.91 Å². The molecular weight excluding hydrogens is 343 g/mol. The summed E-state index contributed by atoms with van der Waals surface area (Å²) in [6.45, 7) is 2.52. The smallest absolute Gasteiger partial charge is 0.319 e. The first-order chi connectivity index (χ1) is 12.3. The summed E-state index contributed by atoms with van der Waals surface area (Å²) in [5.41, 5.74) is 1.68. The summed E-state index contributed by atoms with van der Waals surface area (Å²) in [5.74, 6) is -0.619. The monoisotopic (exact) mass is 359 g/mol. The van der Waals surface area contributed by atoms with Crippen LogP contribution in [0.3, 0.4) is 0 Å². The first-order valence-electron chi connectivity index (χ1n) is 7.88. The topological polar surface area (TPSA) is 46.9 Å². The Labute approximate surface area is 148 Å². The predicted octanol–water partition coefficient (Wildman–Crippen LogP) is 4.51. The highest BCUT2D eigenvalue weighted by Gasteiger charge is 2.30. The summed E-state index contributed by atoms with van der Waals surface area (Å²) in [4.78, 5) is 12.2. The minimum Gasteiger partial charge on any atom is -0.319 e. The minimum absolute atomic E-state index is 0.0636. The number of alkyl halides is 3. The van der Waals surface area contributed by atoms with Crippen molar-refractivity contribution < 1.29 is 18.0 Å². The molecule has 0 aliphatic rings. The van der Waals surface area contributed by atoms with Crippen molar-refractivity contribution in [1.29, 1.82) is 0 Å². The van der Waals surface area contributed by atoms with Crippen molar-refractivity contribution in [3.8, 4) is 0 Å². The Morgan fingerprint density at radius 2 is 1.92 bits per heavy atom. The van der Waals surface area contributed by atoms with E-state index in [-0.39, 0.29) is 5.56 Å². The van der Waals surface area contributed by atoms with Crippen LogP contribution in [0.5, 0.6) is 0 Å². The van der Waals surface area contributed by atoms with E-state index in [0.717, 1.165) is 23.3 Å². The van der Waals surface area contributed by atoms with Gasteiger partial charge in [-0.15, -0.1) is 0 Å². The standard InChI is InChI=1S/C19H16F3N3O/c1-13-4-2-5-14(8-13)11-25-12-17(10-23-25)24-18(26)15-6-3-7-16(9-15)19(20,21)22/h2-10,12H,11H2,1H3,(H,24,26). The second-order valence-corrected chi connectivity index (χ2v) is 5.95. The fourth-order valence-corrected chi connectivity index (χ4v) is 2.55. The Balaban J connectivity index is 1.70. The minimum atomic E-state index is -4.49. The van der Waals surface area contributed by atoms with Gasteiger partial charge in [0.15, 0.2) is 0 Å². The molecule has 0 unspecified atom stereocenters. The zero-order chi connectivity index (χ0) is 18.7. The molecule has 0 aliphatic heterocycles. The van der Waals surface area contributed by atoms with Gasteiger partial charge in [-0.25, -0.2) is 0 Å². The van der Waals surface area contributed by atoms with E-state index in [1.54, 1.807) is 10.9 Å². The van der Waals surface area contributed by atoms with Crippen LogP contribution in [-0.2, 0) is 12.7 Å². The maximum Gasteiger partial charge on any atom is 0.416 e. The van der Waals surface area contributed by atoms with Gasteiger partial charge in [0.1, 0.15) is 0 Å². The Morgan fingerprint density at radius 3 is 2.65 bits per heavy atom. The number of nitrogens with one attached hydrogen (secondary N) is 1. The zero-order valence-electron chi connectivity index (χ0n) is 13.9. The largest absolute Gasteiger partial charge is 0.416 e. The molecule has 0 saturated heterocycles. The van der Waals surface area contributed by atoms with E-state index in [1.807, 2.05) is 31.2 Å². The molecule has 4 nitrogen and oxygen atoms in total.